The fourth-order valence-corrected chi connectivity index (χ4v) is 2.25. The molecule has 0 radical (unpaired) electrons. The molecule has 1 saturated carbocycles. The zero-order chi connectivity index (χ0) is 12.3. The third-order valence-electron chi connectivity index (χ3n) is 3.57. The van der Waals surface area contributed by atoms with Gasteiger partial charge in [0.25, 0.3) is 0 Å². The first kappa shape index (κ1) is 12.3. The first-order chi connectivity index (χ1) is 8.24. The summed E-state index contributed by atoms with van der Waals surface area (Å²) in [4.78, 5) is 11.1. The molecule has 1 aromatic rings. The van der Waals surface area contributed by atoms with Crippen LogP contribution in [0.1, 0.15) is 37.6 Å². The Bertz CT molecular complexity index is 374. The summed E-state index contributed by atoms with van der Waals surface area (Å²) in [5, 5.41) is 0. The highest BCUT2D eigenvalue weighted by molar-refractivity contribution is 5.46. The maximum absolute atomic E-state index is 5.76. The smallest absolute Gasteiger partial charge is 0.136 e. The second kappa shape index (κ2) is 5.45. The van der Waals surface area contributed by atoms with E-state index >= 15 is 0 Å². The number of rotatable bonds is 5. The van der Waals surface area contributed by atoms with Crippen LogP contribution in [0.4, 0.5) is 5.82 Å². The van der Waals surface area contributed by atoms with E-state index in [1.54, 1.807) is 0 Å². The van der Waals surface area contributed by atoms with Crippen molar-refractivity contribution in [2.45, 2.75) is 39.7 Å². The molecule has 0 unspecified atom stereocenters. The normalized spacial score (nSPS) is 15.7. The fourth-order valence-electron chi connectivity index (χ4n) is 2.25. The van der Waals surface area contributed by atoms with Crippen LogP contribution in [0, 0.1) is 12.8 Å². The molecule has 1 aromatic heterocycles. The van der Waals surface area contributed by atoms with Gasteiger partial charge in [0.2, 0.25) is 0 Å². The number of hydrogen-bond acceptors (Lipinski definition) is 4. The van der Waals surface area contributed by atoms with E-state index in [-0.39, 0.29) is 0 Å². The minimum atomic E-state index is 0.511. The molecule has 0 aromatic carbocycles. The van der Waals surface area contributed by atoms with Crippen LogP contribution in [-0.2, 0) is 6.54 Å². The standard InChI is InChI=1S/C13H22N4/c1-3-17(9-11-5-4-6-11)13-12(7-14)8-15-10(2)16-13/h8,11H,3-7,9,14H2,1-2H3. The van der Waals surface area contributed by atoms with Crippen LogP contribution in [0.5, 0.6) is 0 Å². The van der Waals surface area contributed by atoms with Crippen LogP contribution in [0.3, 0.4) is 0 Å². The number of nitrogens with two attached hydrogens (primary N) is 1. The average Bonchev–Trinajstić information content (AvgIpc) is 2.28. The Kier molecular flexibility index (Phi) is 3.94. The van der Waals surface area contributed by atoms with Gasteiger partial charge in [-0.05, 0) is 32.6 Å². The van der Waals surface area contributed by atoms with Gasteiger partial charge in [-0.3, -0.25) is 0 Å². The monoisotopic (exact) mass is 234 g/mol. The number of anilines is 1. The van der Waals surface area contributed by atoms with E-state index in [2.05, 4.69) is 21.8 Å². The van der Waals surface area contributed by atoms with Gasteiger partial charge in [-0.1, -0.05) is 6.42 Å². The van der Waals surface area contributed by atoms with E-state index < -0.39 is 0 Å². The molecule has 0 aliphatic heterocycles. The number of aromatic nitrogens is 2. The molecule has 0 spiro atoms. The van der Waals surface area contributed by atoms with Gasteiger partial charge in [-0.15, -0.1) is 0 Å². The maximum atomic E-state index is 5.76. The summed E-state index contributed by atoms with van der Waals surface area (Å²) < 4.78 is 0. The lowest BCUT2D eigenvalue weighted by atomic mass is 9.85. The van der Waals surface area contributed by atoms with Crippen molar-refractivity contribution in [1.82, 2.24) is 9.97 Å². The second-order valence-corrected chi connectivity index (χ2v) is 4.81. The third kappa shape index (κ3) is 2.75. The summed E-state index contributed by atoms with van der Waals surface area (Å²) in [7, 11) is 0. The molecule has 1 fully saturated rings. The van der Waals surface area contributed by atoms with Crippen molar-refractivity contribution in [1.29, 1.82) is 0 Å². The molecule has 2 N–H and O–H groups in total. The van der Waals surface area contributed by atoms with Crippen LogP contribution >= 0.6 is 0 Å². The third-order valence-corrected chi connectivity index (χ3v) is 3.57. The van der Waals surface area contributed by atoms with Crippen molar-refractivity contribution in [3.8, 4) is 0 Å². The lowest BCUT2D eigenvalue weighted by Crippen LogP contribution is -2.34. The van der Waals surface area contributed by atoms with E-state index in [4.69, 9.17) is 5.73 Å². The van der Waals surface area contributed by atoms with Gasteiger partial charge in [0.05, 0.1) is 0 Å². The van der Waals surface area contributed by atoms with Crippen molar-refractivity contribution < 1.29 is 0 Å². The average molecular weight is 234 g/mol. The van der Waals surface area contributed by atoms with E-state index in [0.29, 0.717) is 6.54 Å². The first-order valence-electron chi connectivity index (χ1n) is 6.52. The predicted octanol–water partition coefficient (Wildman–Crippen LogP) is 1.87. The lowest BCUT2D eigenvalue weighted by Gasteiger charge is -2.33. The summed E-state index contributed by atoms with van der Waals surface area (Å²) >= 11 is 0. The zero-order valence-electron chi connectivity index (χ0n) is 10.8. The van der Waals surface area contributed by atoms with E-state index in [0.717, 1.165) is 36.2 Å². The summed E-state index contributed by atoms with van der Waals surface area (Å²) in [6, 6.07) is 0. The number of nitrogens with zero attached hydrogens (tertiary/aromatic N) is 3. The molecule has 4 nitrogen and oxygen atoms in total. The minimum absolute atomic E-state index is 0.511. The number of aryl methyl sites for hydroxylation is 1. The molecule has 0 bridgehead atoms. The van der Waals surface area contributed by atoms with Gasteiger partial charge in [-0.2, -0.15) is 0 Å². The molecule has 94 valence electrons. The van der Waals surface area contributed by atoms with E-state index in [1.807, 2.05) is 13.1 Å². The van der Waals surface area contributed by atoms with Gasteiger partial charge in [0.1, 0.15) is 11.6 Å². The fraction of sp³-hybridized carbons (Fsp3) is 0.692. The van der Waals surface area contributed by atoms with Crippen molar-refractivity contribution in [2.24, 2.45) is 11.7 Å². The molecule has 1 aliphatic rings. The van der Waals surface area contributed by atoms with Crippen molar-refractivity contribution >= 4 is 5.82 Å². The van der Waals surface area contributed by atoms with Crippen molar-refractivity contribution in [2.75, 3.05) is 18.0 Å². The molecule has 1 aliphatic carbocycles. The molecule has 17 heavy (non-hydrogen) atoms. The van der Waals surface area contributed by atoms with Gasteiger partial charge in [0.15, 0.2) is 0 Å². The summed E-state index contributed by atoms with van der Waals surface area (Å²) in [6.07, 6.45) is 5.97. The van der Waals surface area contributed by atoms with E-state index in [9.17, 15) is 0 Å². The maximum Gasteiger partial charge on any atom is 0.136 e. The Hall–Kier alpha value is -1.16. The largest absolute Gasteiger partial charge is 0.356 e. The molecular weight excluding hydrogens is 212 g/mol. The Balaban J connectivity index is 2.18. The SMILES string of the molecule is CCN(CC1CCC1)c1nc(C)ncc1CN. The van der Waals surface area contributed by atoms with Crippen molar-refractivity contribution in [3.63, 3.8) is 0 Å². The molecule has 4 heteroatoms. The van der Waals surface area contributed by atoms with Crippen LogP contribution in [0.15, 0.2) is 6.20 Å². The summed E-state index contributed by atoms with van der Waals surface area (Å²) in [6.45, 7) is 6.72. The number of hydrogen-bond donors (Lipinski definition) is 1. The Morgan fingerprint density at radius 2 is 2.24 bits per heavy atom. The Morgan fingerprint density at radius 1 is 1.47 bits per heavy atom. The molecule has 0 amide bonds. The van der Waals surface area contributed by atoms with E-state index in [1.165, 1.54) is 19.3 Å². The Morgan fingerprint density at radius 3 is 2.76 bits per heavy atom. The summed E-state index contributed by atoms with van der Waals surface area (Å²) in [5.74, 6) is 2.70. The highest BCUT2D eigenvalue weighted by Gasteiger charge is 2.22. The van der Waals surface area contributed by atoms with Crippen LogP contribution in [0.25, 0.3) is 0 Å². The highest BCUT2D eigenvalue weighted by atomic mass is 15.2. The zero-order valence-corrected chi connectivity index (χ0v) is 10.8. The van der Waals surface area contributed by atoms with Crippen LogP contribution < -0.4 is 10.6 Å². The van der Waals surface area contributed by atoms with Crippen molar-refractivity contribution in [3.05, 3.63) is 17.6 Å². The first-order valence-corrected chi connectivity index (χ1v) is 6.52. The molecular formula is C13H22N4. The lowest BCUT2D eigenvalue weighted by molar-refractivity contribution is 0.318. The highest BCUT2D eigenvalue weighted by Crippen LogP contribution is 2.29. The van der Waals surface area contributed by atoms with Gasteiger partial charge in [-0.25, -0.2) is 9.97 Å². The predicted molar refractivity (Wildman–Crippen MR) is 69.9 cm³/mol. The van der Waals surface area contributed by atoms with Crippen LogP contribution in [0.2, 0.25) is 0 Å². The molecule has 0 atom stereocenters. The Labute approximate surface area is 103 Å². The molecule has 2 rings (SSSR count). The topological polar surface area (TPSA) is 55.0 Å². The molecule has 0 saturated heterocycles. The van der Waals surface area contributed by atoms with Gasteiger partial charge < -0.3 is 10.6 Å². The summed E-state index contributed by atoms with van der Waals surface area (Å²) in [5.41, 5.74) is 6.82. The van der Waals surface area contributed by atoms with Gasteiger partial charge >= 0.3 is 0 Å². The molecule has 1 heterocycles. The van der Waals surface area contributed by atoms with Crippen LogP contribution in [-0.4, -0.2) is 23.1 Å². The quantitative estimate of drug-likeness (QED) is 0.845. The van der Waals surface area contributed by atoms with Gasteiger partial charge in [0, 0.05) is 31.4 Å². The second-order valence-electron chi connectivity index (χ2n) is 4.81. The minimum Gasteiger partial charge on any atom is -0.356 e.